The first-order chi connectivity index (χ1) is 17.1. The molecule has 4 aromatic rings. The fraction of sp³-hybridized carbons (Fsp3) is 0.200. The second-order valence-electron chi connectivity index (χ2n) is 8.25. The van der Waals surface area contributed by atoms with Crippen molar-refractivity contribution in [2.24, 2.45) is 0 Å². The zero-order valence-corrected chi connectivity index (χ0v) is 19.2. The van der Waals surface area contributed by atoms with Gasteiger partial charge in [0, 0.05) is 27.8 Å². The normalized spacial score (nSPS) is 15.8. The van der Waals surface area contributed by atoms with E-state index in [4.69, 9.17) is 4.74 Å². The summed E-state index contributed by atoms with van der Waals surface area (Å²) in [7, 11) is 0. The molecule has 0 unspecified atom stereocenters. The molecule has 2 heterocycles. The van der Waals surface area contributed by atoms with E-state index in [1.807, 2.05) is 30.3 Å². The first kappa shape index (κ1) is 24.3. The minimum absolute atomic E-state index is 0.0460. The van der Waals surface area contributed by atoms with Gasteiger partial charge in [-0.05, 0) is 23.8 Å². The van der Waals surface area contributed by atoms with Gasteiger partial charge in [0.2, 0.25) is 0 Å². The molecule has 0 aliphatic carbocycles. The standard InChI is InChI=1S/C25H17F5N2O3S/c26-14-6-7-16(19(27)8-14)20-18(25(28,29)30)9-17-21-22(20)36-12-15(10-32(21)24(34)31-23(17)33)35-11-13-4-2-1-3-5-13/h1-9,15H,10-12H2,(H,31,33,34)/t15-/m0/s1. The molecule has 1 aliphatic rings. The topological polar surface area (TPSA) is 64.1 Å². The highest BCUT2D eigenvalue weighted by molar-refractivity contribution is 7.99. The molecule has 0 saturated carbocycles. The molecule has 0 spiro atoms. The van der Waals surface area contributed by atoms with E-state index in [-0.39, 0.29) is 34.7 Å². The van der Waals surface area contributed by atoms with Gasteiger partial charge < -0.3 is 4.74 Å². The van der Waals surface area contributed by atoms with Crippen LogP contribution in [-0.2, 0) is 24.1 Å². The van der Waals surface area contributed by atoms with Gasteiger partial charge in [0.1, 0.15) is 11.6 Å². The molecule has 1 N–H and O–H groups in total. The van der Waals surface area contributed by atoms with E-state index in [1.54, 1.807) is 0 Å². The summed E-state index contributed by atoms with van der Waals surface area (Å²) < 4.78 is 78.1. The highest BCUT2D eigenvalue weighted by Gasteiger charge is 2.38. The third kappa shape index (κ3) is 4.44. The number of alkyl halides is 3. The van der Waals surface area contributed by atoms with Crippen LogP contribution in [0.5, 0.6) is 0 Å². The molecule has 1 aliphatic heterocycles. The number of nitrogens with one attached hydrogen (secondary N) is 1. The Balaban J connectivity index is 1.73. The number of hydrogen-bond acceptors (Lipinski definition) is 4. The lowest BCUT2D eigenvalue weighted by Gasteiger charge is -2.20. The van der Waals surface area contributed by atoms with Crippen LogP contribution in [-0.4, -0.2) is 21.4 Å². The number of H-pyrrole nitrogens is 1. The fourth-order valence-corrected chi connectivity index (χ4v) is 5.52. The van der Waals surface area contributed by atoms with Crippen molar-refractivity contribution in [1.29, 1.82) is 0 Å². The van der Waals surface area contributed by atoms with Crippen LogP contribution in [0.2, 0.25) is 0 Å². The van der Waals surface area contributed by atoms with Crippen LogP contribution in [0.3, 0.4) is 0 Å². The summed E-state index contributed by atoms with van der Waals surface area (Å²) in [6, 6.07) is 12.1. The molecule has 0 bridgehead atoms. The Morgan fingerprint density at radius 3 is 2.50 bits per heavy atom. The third-order valence-corrected chi connectivity index (χ3v) is 7.09. The highest BCUT2D eigenvalue weighted by atomic mass is 32.2. The van der Waals surface area contributed by atoms with Crippen molar-refractivity contribution in [2.45, 2.75) is 30.3 Å². The molecule has 3 aromatic carbocycles. The first-order valence-corrected chi connectivity index (χ1v) is 11.8. The van der Waals surface area contributed by atoms with E-state index in [1.165, 1.54) is 0 Å². The van der Waals surface area contributed by atoms with Gasteiger partial charge >= 0.3 is 11.9 Å². The minimum Gasteiger partial charge on any atom is -0.371 e. The quantitative estimate of drug-likeness (QED) is 0.369. The van der Waals surface area contributed by atoms with Crippen LogP contribution in [0.25, 0.3) is 22.0 Å². The maximum atomic E-state index is 14.8. The summed E-state index contributed by atoms with van der Waals surface area (Å²) in [6.07, 6.45) is -5.58. The lowest BCUT2D eigenvalue weighted by Crippen LogP contribution is -2.34. The number of aromatic amines is 1. The molecule has 0 radical (unpaired) electrons. The van der Waals surface area contributed by atoms with Gasteiger partial charge in [-0.3, -0.25) is 14.3 Å². The molecule has 36 heavy (non-hydrogen) atoms. The molecular weight excluding hydrogens is 503 g/mol. The van der Waals surface area contributed by atoms with Crippen LogP contribution in [0.4, 0.5) is 22.0 Å². The van der Waals surface area contributed by atoms with Crippen molar-refractivity contribution in [2.75, 3.05) is 5.75 Å². The molecule has 186 valence electrons. The fourth-order valence-electron chi connectivity index (χ4n) is 4.24. The number of thioether (sulfide) groups is 1. The number of halogens is 5. The van der Waals surface area contributed by atoms with Crippen molar-refractivity contribution < 1.29 is 26.7 Å². The summed E-state index contributed by atoms with van der Waals surface area (Å²) in [5, 5.41) is -0.362. The van der Waals surface area contributed by atoms with E-state index in [9.17, 15) is 31.5 Å². The van der Waals surface area contributed by atoms with E-state index >= 15 is 0 Å². The summed E-state index contributed by atoms with van der Waals surface area (Å²) in [6.45, 7) is 0.145. The van der Waals surface area contributed by atoms with Crippen LogP contribution in [0.1, 0.15) is 11.1 Å². The number of hydrogen-bond donors (Lipinski definition) is 1. The summed E-state index contributed by atoms with van der Waals surface area (Å²) in [5.41, 5.74) is -3.32. The Hall–Kier alpha value is -3.44. The Bertz CT molecular complexity index is 1580. The molecule has 5 nitrogen and oxygen atoms in total. The Kier molecular flexibility index (Phi) is 6.21. The maximum Gasteiger partial charge on any atom is 0.417 e. The molecule has 0 amide bonds. The minimum atomic E-state index is -4.97. The van der Waals surface area contributed by atoms with E-state index in [0.29, 0.717) is 12.1 Å². The Morgan fingerprint density at radius 2 is 1.81 bits per heavy atom. The van der Waals surface area contributed by atoms with Gasteiger partial charge in [-0.1, -0.05) is 30.3 Å². The van der Waals surface area contributed by atoms with Gasteiger partial charge in [-0.25, -0.2) is 13.6 Å². The summed E-state index contributed by atoms with van der Waals surface area (Å²) in [5.74, 6) is -2.03. The van der Waals surface area contributed by atoms with Crippen molar-refractivity contribution >= 4 is 22.7 Å². The van der Waals surface area contributed by atoms with E-state index < -0.39 is 51.9 Å². The third-order valence-electron chi connectivity index (χ3n) is 5.87. The van der Waals surface area contributed by atoms with Gasteiger partial charge in [0.05, 0.1) is 35.7 Å². The van der Waals surface area contributed by atoms with E-state index in [0.717, 1.165) is 34.0 Å². The van der Waals surface area contributed by atoms with E-state index in [2.05, 4.69) is 4.98 Å². The molecule has 0 fully saturated rings. The lowest BCUT2D eigenvalue weighted by molar-refractivity contribution is -0.137. The van der Waals surface area contributed by atoms with Crippen molar-refractivity contribution in [3.05, 3.63) is 98.2 Å². The molecule has 5 rings (SSSR count). The number of aromatic nitrogens is 2. The Labute approximate surface area is 204 Å². The smallest absolute Gasteiger partial charge is 0.371 e. The monoisotopic (exact) mass is 520 g/mol. The zero-order chi connectivity index (χ0) is 25.6. The van der Waals surface area contributed by atoms with Crippen LogP contribution >= 0.6 is 11.8 Å². The van der Waals surface area contributed by atoms with Crippen molar-refractivity contribution in [3.63, 3.8) is 0 Å². The molecule has 0 saturated heterocycles. The number of ether oxygens (including phenoxy) is 1. The average Bonchev–Trinajstić information content (AvgIpc) is 3.02. The highest BCUT2D eigenvalue weighted by Crippen LogP contribution is 2.47. The maximum absolute atomic E-state index is 14.8. The van der Waals surface area contributed by atoms with Crippen LogP contribution < -0.4 is 11.2 Å². The summed E-state index contributed by atoms with van der Waals surface area (Å²) >= 11 is 0.929. The largest absolute Gasteiger partial charge is 0.417 e. The average molecular weight is 520 g/mol. The van der Waals surface area contributed by atoms with Crippen molar-refractivity contribution in [1.82, 2.24) is 9.55 Å². The van der Waals surface area contributed by atoms with Crippen LogP contribution in [0.15, 0.2) is 69.1 Å². The lowest BCUT2D eigenvalue weighted by atomic mass is 9.96. The SMILES string of the molecule is O=c1[nH]c(=O)n2c3c(c(-c4ccc(F)cc4F)c(C(F)(F)F)cc13)SC[C@@H](OCc1ccccc1)C2. The molecule has 11 heteroatoms. The predicted molar refractivity (Wildman–Crippen MR) is 125 cm³/mol. The first-order valence-electron chi connectivity index (χ1n) is 10.8. The second-order valence-corrected chi connectivity index (χ2v) is 9.28. The number of rotatable bonds is 4. The second kappa shape index (κ2) is 9.21. The predicted octanol–water partition coefficient (Wildman–Crippen LogP) is 5.34. The zero-order valence-electron chi connectivity index (χ0n) is 18.4. The van der Waals surface area contributed by atoms with Crippen molar-refractivity contribution in [3.8, 4) is 11.1 Å². The van der Waals surface area contributed by atoms with Crippen LogP contribution in [0, 0.1) is 11.6 Å². The van der Waals surface area contributed by atoms with Gasteiger partial charge in [0.25, 0.3) is 5.56 Å². The number of benzene rings is 3. The molecule has 1 aromatic heterocycles. The van der Waals surface area contributed by atoms with Gasteiger partial charge in [0.15, 0.2) is 0 Å². The van der Waals surface area contributed by atoms with Gasteiger partial charge in [-0.15, -0.1) is 11.8 Å². The van der Waals surface area contributed by atoms with Gasteiger partial charge in [-0.2, -0.15) is 13.2 Å². The number of nitrogens with zero attached hydrogens (tertiary/aromatic N) is 1. The molecular formula is C25H17F5N2O3S. The molecule has 1 atom stereocenters. The summed E-state index contributed by atoms with van der Waals surface area (Å²) in [4.78, 5) is 27.3. The Morgan fingerprint density at radius 1 is 1.06 bits per heavy atom.